The lowest BCUT2D eigenvalue weighted by Crippen LogP contribution is -2.13. The third-order valence-corrected chi connectivity index (χ3v) is 8.69. The van der Waals surface area contributed by atoms with E-state index in [4.69, 9.17) is 11.5 Å². The van der Waals surface area contributed by atoms with Crippen molar-refractivity contribution in [3.63, 3.8) is 0 Å². The van der Waals surface area contributed by atoms with Crippen LogP contribution in [0.15, 0.2) is 48.5 Å². The van der Waals surface area contributed by atoms with Gasteiger partial charge in [-0.25, -0.2) is 19.1 Å². The number of carbonyl (C=O) groups is 2. The largest absolute Gasteiger partial charge is 0.369 e. The number of rotatable bonds is 14. The summed E-state index contributed by atoms with van der Waals surface area (Å²) in [5.41, 5.74) is 15.0. The SMILES string of the molecule is Nc1nc2ccccc2n1C(=O)CCCCCSCSCCCCCC(=O)n1c(N)nc2ccccc21. The van der Waals surface area contributed by atoms with Crippen molar-refractivity contribution >= 4 is 69.3 Å². The zero-order valence-electron chi connectivity index (χ0n) is 21.0. The number of fused-ring (bicyclic) bond motifs is 2. The van der Waals surface area contributed by atoms with Gasteiger partial charge in [0, 0.05) is 17.9 Å². The first-order valence-corrected chi connectivity index (χ1v) is 15.0. The molecule has 0 unspecified atom stereocenters. The molecule has 0 fully saturated rings. The number of imidazole rings is 2. The zero-order chi connectivity index (χ0) is 26.0. The maximum Gasteiger partial charge on any atom is 0.233 e. The van der Waals surface area contributed by atoms with E-state index in [1.54, 1.807) is 0 Å². The summed E-state index contributed by atoms with van der Waals surface area (Å²) < 4.78 is 3.07. The van der Waals surface area contributed by atoms with Gasteiger partial charge in [-0.15, -0.1) is 0 Å². The van der Waals surface area contributed by atoms with Crippen LogP contribution in [0.2, 0.25) is 0 Å². The third kappa shape index (κ3) is 7.07. The Balaban J connectivity index is 1.00. The van der Waals surface area contributed by atoms with Gasteiger partial charge in [0.1, 0.15) is 0 Å². The van der Waals surface area contributed by atoms with Crippen molar-refractivity contribution in [2.75, 3.05) is 28.1 Å². The highest BCUT2D eigenvalue weighted by molar-refractivity contribution is 8.15. The lowest BCUT2D eigenvalue weighted by atomic mass is 10.2. The van der Waals surface area contributed by atoms with E-state index in [0.29, 0.717) is 12.8 Å². The molecule has 0 aliphatic rings. The fourth-order valence-electron chi connectivity index (χ4n) is 4.33. The van der Waals surface area contributed by atoms with E-state index in [1.807, 2.05) is 72.1 Å². The molecule has 0 bridgehead atoms. The molecule has 4 aromatic rings. The Morgan fingerprint density at radius 1 is 0.649 bits per heavy atom. The Labute approximate surface area is 225 Å². The third-order valence-electron chi connectivity index (χ3n) is 6.20. The molecule has 0 saturated carbocycles. The Hall–Kier alpha value is -2.98. The van der Waals surface area contributed by atoms with Crippen LogP contribution in [-0.4, -0.2) is 47.5 Å². The number of carbonyl (C=O) groups excluding carboxylic acids is 2. The molecule has 0 spiro atoms. The summed E-state index contributed by atoms with van der Waals surface area (Å²) in [5.74, 6) is 2.76. The number of para-hydroxylation sites is 4. The molecule has 0 saturated heterocycles. The summed E-state index contributed by atoms with van der Waals surface area (Å²) in [4.78, 5) is 33.7. The van der Waals surface area contributed by atoms with Gasteiger partial charge in [0.25, 0.3) is 0 Å². The topological polar surface area (TPSA) is 122 Å². The molecule has 2 aromatic carbocycles. The molecule has 4 N–H and O–H groups in total. The smallest absolute Gasteiger partial charge is 0.233 e. The molecule has 0 aliphatic carbocycles. The lowest BCUT2D eigenvalue weighted by molar-refractivity contribution is 0.0898. The quantitative estimate of drug-likeness (QED) is 0.146. The number of aromatic nitrogens is 4. The first-order chi connectivity index (χ1) is 18.1. The molecule has 0 atom stereocenters. The van der Waals surface area contributed by atoms with Gasteiger partial charge < -0.3 is 11.5 Å². The zero-order valence-corrected chi connectivity index (χ0v) is 22.6. The summed E-state index contributed by atoms with van der Waals surface area (Å²) in [6.45, 7) is 0. The second-order valence-corrected chi connectivity index (χ2v) is 11.5. The van der Waals surface area contributed by atoms with Gasteiger partial charge in [0.05, 0.1) is 22.1 Å². The van der Waals surface area contributed by atoms with Crippen molar-refractivity contribution in [3.8, 4) is 0 Å². The normalized spacial score (nSPS) is 11.5. The number of hydrogen-bond donors (Lipinski definition) is 2. The summed E-state index contributed by atoms with van der Waals surface area (Å²) >= 11 is 3.90. The maximum absolute atomic E-state index is 12.6. The minimum absolute atomic E-state index is 0.0120. The average Bonchev–Trinajstić information content (AvgIpc) is 3.41. The highest BCUT2D eigenvalue weighted by Gasteiger charge is 2.15. The van der Waals surface area contributed by atoms with Crippen LogP contribution in [0.1, 0.15) is 61.0 Å². The second-order valence-electron chi connectivity index (χ2n) is 8.93. The van der Waals surface area contributed by atoms with Gasteiger partial charge in [-0.1, -0.05) is 37.1 Å². The van der Waals surface area contributed by atoms with Crippen LogP contribution in [0.3, 0.4) is 0 Å². The van der Waals surface area contributed by atoms with E-state index in [0.717, 1.165) is 77.2 Å². The molecular formula is C27H34N6O2S2. The average molecular weight is 539 g/mol. The molecule has 0 radical (unpaired) electrons. The monoisotopic (exact) mass is 538 g/mol. The standard InChI is InChI=1S/C27H34N6O2S2/c28-26-30-20-11-5-7-13-22(20)32(26)24(34)15-3-1-9-17-36-19-37-18-10-2-4-16-25(35)33-23-14-8-6-12-21(23)31-27(33)29/h5-8,11-14H,1-4,9-10,15-19H2,(H2,28,30)(H2,29,31). The summed E-state index contributed by atoms with van der Waals surface area (Å²) in [6.07, 6.45) is 6.95. The van der Waals surface area contributed by atoms with Crippen molar-refractivity contribution in [1.82, 2.24) is 19.1 Å². The van der Waals surface area contributed by atoms with Crippen LogP contribution in [-0.2, 0) is 0 Å². The van der Waals surface area contributed by atoms with Crippen molar-refractivity contribution < 1.29 is 9.59 Å². The molecular weight excluding hydrogens is 504 g/mol. The summed E-state index contributed by atoms with van der Waals surface area (Å²) in [7, 11) is 0. The van der Waals surface area contributed by atoms with Crippen molar-refractivity contribution in [1.29, 1.82) is 0 Å². The van der Waals surface area contributed by atoms with E-state index in [9.17, 15) is 9.59 Å². The molecule has 2 heterocycles. The Bertz CT molecular complexity index is 1250. The molecule has 196 valence electrons. The predicted octanol–water partition coefficient (Wildman–Crippen LogP) is 6.08. The predicted molar refractivity (Wildman–Crippen MR) is 156 cm³/mol. The van der Waals surface area contributed by atoms with E-state index in [-0.39, 0.29) is 23.7 Å². The minimum Gasteiger partial charge on any atom is -0.369 e. The maximum atomic E-state index is 12.6. The molecule has 8 nitrogen and oxygen atoms in total. The van der Waals surface area contributed by atoms with Gasteiger partial charge in [-0.2, -0.15) is 23.5 Å². The molecule has 10 heteroatoms. The van der Waals surface area contributed by atoms with Gasteiger partial charge in [-0.05, 0) is 61.5 Å². The van der Waals surface area contributed by atoms with E-state index < -0.39 is 0 Å². The number of nitrogens with zero attached hydrogens (tertiary/aromatic N) is 4. The summed E-state index contributed by atoms with van der Waals surface area (Å²) in [5, 5.41) is 1.08. The number of benzene rings is 2. The molecule has 0 aliphatic heterocycles. The minimum atomic E-state index is 0.0120. The molecule has 37 heavy (non-hydrogen) atoms. The molecule has 0 amide bonds. The summed E-state index contributed by atoms with van der Waals surface area (Å²) in [6, 6.07) is 15.1. The Kier molecular flexibility index (Phi) is 9.90. The van der Waals surface area contributed by atoms with Crippen LogP contribution >= 0.6 is 23.5 Å². The number of nitrogens with two attached hydrogens (primary N) is 2. The van der Waals surface area contributed by atoms with E-state index in [2.05, 4.69) is 9.97 Å². The fraction of sp³-hybridized carbons (Fsp3) is 0.407. The van der Waals surface area contributed by atoms with Crippen LogP contribution in [0.5, 0.6) is 0 Å². The van der Waals surface area contributed by atoms with Crippen molar-refractivity contribution in [3.05, 3.63) is 48.5 Å². The first-order valence-electron chi connectivity index (χ1n) is 12.7. The Morgan fingerprint density at radius 2 is 1.08 bits per heavy atom. The highest BCUT2D eigenvalue weighted by Crippen LogP contribution is 2.21. The van der Waals surface area contributed by atoms with Crippen LogP contribution < -0.4 is 11.5 Å². The van der Waals surface area contributed by atoms with E-state index in [1.165, 1.54) is 9.13 Å². The lowest BCUT2D eigenvalue weighted by Gasteiger charge is -2.06. The molecule has 2 aromatic heterocycles. The van der Waals surface area contributed by atoms with Crippen LogP contribution in [0.25, 0.3) is 22.1 Å². The first kappa shape index (κ1) is 27.1. The van der Waals surface area contributed by atoms with E-state index >= 15 is 0 Å². The van der Waals surface area contributed by atoms with Crippen LogP contribution in [0.4, 0.5) is 11.9 Å². The van der Waals surface area contributed by atoms with Crippen LogP contribution in [0, 0.1) is 0 Å². The van der Waals surface area contributed by atoms with Gasteiger partial charge in [-0.3, -0.25) is 9.59 Å². The van der Waals surface area contributed by atoms with Crippen molar-refractivity contribution in [2.24, 2.45) is 0 Å². The number of nitrogen functional groups attached to an aromatic ring is 2. The van der Waals surface area contributed by atoms with Gasteiger partial charge in [0.2, 0.25) is 23.7 Å². The number of hydrogen-bond acceptors (Lipinski definition) is 8. The number of unbranched alkanes of at least 4 members (excludes halogenated alkanes) is 4. The number of thioether (sulfide) groups is 2. The van der Waals surface area contributed by atoms with Gasteiger partial charge in [0.15, 0.2) is 0 Å². The number of anilines is 2. The molecule has 4 rings (SSSR count). The second kappa shape index (κ2) is 13.5. The highest BCUT2D eigenvalue weighted by atomic mass is 32.2. The Morgan fingerprint density at radius 3 is 1.54 bits per heavy atom. The van der Waals surface area contributed by atoms with Crippen molar-refractivity contribution in [2.45, 2.75) is 51.4 Å². The fourth-order valence-corrected chi connectivity index (χ4v) is 6.56. The van der Waals surface area contributed by atoms with Gasteiger partial charge >= 0.3 is 0 Å².